The molecule has 1 amide bonds. The lowest BCUT2D eigenvalue weighted by atomic mass is 10.1. The van der Waals surface area contributed by atoms with Gasteiger partial charge in [-0.2, -0.15) is 0 Å². The van der Waals surface area contributed by atoms with E-state index in [1.54, 1.807) is 0 Å². The second kappa shape index (κ2) is 9.66. The van der Waals surface area contributed by atoms with Gasteiger partial charge in [-0.3, -0.25) is 10.1 Å². The maximum atomic E-state index is 12.3. The number of benzene rings is 2. The summed E-state index contributed by atoms with van der Waals surface area (Å²) in [6, 6.07) is 15.8. The number of nitrogens with one attached hydrogen (secondary N) is 2. The standard InChI is InChI=1S/C22H28N4OS/c1-3-17-5-7-18(8-6-17)21(27)24-22(28)23-19-9-11-20(12-10-19)26-15-13-25(4-2)14-16-26/h5-12H,3-4,13-16H2,1-2H3,(H2,23,24,27,28). The normalized spacial score (nSPS) is 14.6. The minimum Gasteiger partial charge on any atom is -0.369 e. The zero-order valence-electron chi connectivity index (χ0n) is 16.6. The molecule has 1 aliphatic rings. The van der Waals surface area contributed by atoms with Crippen molar-refractivity contribution in [2.45, 2.75) is 20.3 Å². The predicted octanol–water partition coefficient (Wildman–Crippen LogP) is 3.52. The smallest absolute Gasteiger partial charge is 0.257 e. The first-order valence-corrected chi connectivity index (χ1v) is 10.3. The third-order valence-electron chi connectivity index (χ3n) is 5.16. The summed E-state index contributed by atoms with van der Waals surface area (Å²) in [5.74, 6) is -0.203. The van der Waals surface area contributed by atoms with E-state index < -0.39 is 0 Å². The fourth-order valence-corrected chi connectivity index (χ4v) is 3.52. The Kier molecular flexibility index (Phi) is 7.01. The molecule has 6 heteroatoms. The molecule has 0 radical (unpaired) electrons. The number of hydrogen-bond donors (Lipinski definition) is 2. The third-order valence-corrected chi connectivity index (χ3v) is 5.37. The molecule has 28 heavy (non-hydrogen) atoms. The van der Waals surface area contributed by atoms with E-state index in [1.165, 1.54) is 11.3 Å². The molecule has 2 N–H and O–H groups in total. The van der Waals surface area contributed by atoms with E-state index in [0.717, 1.165) is 44.8 Å². The molecule has 0 spiro atoms. The van der Waals surface area contributed by atoms with Gasteiger partial charge in [-0.15, -0.1) is 0 Å². The van der Waals surface area contributed by atoms with Gasteiger partial charge in [0.05, 0.1) is 0 Å². The van der Waals surface area contributed by atoms with Crippen molar-refractivity contribution in [2.75, 3.05) is 42.9 Å². The summed E-state index contributed by atoms with van der Waals surface area (Å²) < 4.78 is 0. The van der Waals surface area contributed by atoms with Crippen molar-refractivity contribution in [3.63, 3.8) is 0 Å². The van der Waals surface area contributed by atoms with E-state index in [2.05, 4.69) is 46.4 Å². The molecule has 0 unspecified atom stereocenters. The summed E-state index contributed by atoms with van der Waals surface area (Å²) in [4.78, 5) is 17.2. The Morgan fingerprint density at radius 1 is 0.964 bits per heavy atom. The number of likely N-dealkylation sites (N-methyl/N-ethyl adjacent to an activating group) is 1. The predicted molar refractivity (Wildman–Crippen MR) is 120 cm³/mol. The Hall–Kier alpha value is -2.44. The number of thiocarbonyl (C=S) groups is 1. The van der Waals surface area contributed by atoms with Crippen LogP contribution in [0.4, 0.5) is 11.4 Å². The highest BCUT2D eigenvalue weighted by atomic mass is 32.1. The van der Waals surface area contributed by atoms with Gasteiger partial charge in [0.25, 0.3) is 5.91 Å². The van der Waals surface area contributed by atoms with Gasteiger partial charge in [0, 0.05) is 43.1 Å². The first-order chi connectivity index (χ1) is 13.6. The quantitative estimate of drug-likeness (QED) is 0.758. The van der Waals surface area contributed by atoms with Crippen molar-refractivity contribution in [3.8, 4) is 0 Å². The van der Waals surface area contributed by atoms with Crippen LogP contribution < -0.4 is 15.5 Å². The molecule has 0 aromatic heterocycles. The SMILES string of the molecule is CCc1ccc(C(=O)NC(=S)Nc2ccc(N3CCN(CC)CC3)cc2)cc1. The van der Waals surface area contributed by atoms with Crippen molar-refractivity contribution < 1.29 is 4.79 Å². The fraction of sp³-hybridized carbons (Fsp3) is 0.364. The van der Waals surface area contributed by atoms with Gasteiger partial charge in [0.15, 0.2) is 5.11 Å². The maximum Gasteiger partial charge on any atom is 0.257 e. The van der Waals surface area contributed by atoms with Crippen LogP contribution in [0, 0.1) is 0 Å². The zero-order valence-corrected chi connectivity index (χ0v) is 17.4. The van der Waals surface area contributed by atoms with Crippen LogP contribution in [0.3, 0.4) is 0 Å². The summed E-state index contributed by atoms with van der Waals surface area (Å²) in [6.07, 6.45) is 0.951. The van der Waals surface area contributed by atoms with Crippen molar-refractivity contribution in [2.24, 2.45) is 0 Å². The third kappa shape index (κ3) is 5.30. The molecule has 2 aromatic carbocycles. The number of carbonyl (C=O) groups excluding carboxylic acids is 1. The van der Waals surface area contributed by atoms with Crippen LogP contribution in [0.5, 0.6) is 0 Å². The molecule has 1 fully saturated rings. The molecule has 0 aliphatic carbocycles. The first kappa shape index (κ1) is 20.3. The molecule has 0 saturated carbocycles. The second-order valence-electron chi connectivity index (χ2n) is 6.93. The Morgan fingerprint density at radius 3 is 2.18 bits per heavy atom. The van der Waals surface area contributed by atoms with E-state index in [0.29, 0.717) is 10.7 Å². The number of nitrogens with zero attached hydrogens (tertiary/aromatic N) is 2. The van der Waals surface area contributed by atoms with Gasteiger partial charge in [-0.1, -0.05) is 26.0 Å². The summed E-state index contributed by atoms with van der Waals surface area (Å²) in [5.41, 5.74) is 3.88. The Morgan fingerprint density at radius 2 is 1.61 bits per heavy atom. The lowest BCUT2D eigenvalue weighted by Gasteiger charge is -2.35. The van der Waals surface area contributed by atoms with Crippen molar-refractivity contribution >= 4 is 34.6 Å². The average molecular weight is 397 g/mol. The number of amides is 1. The highest BCUT2D eigenvalue weighted by Crippen LogP contribution is 2.19. The molecule has 1 heterocycles. The molecular weight excluding hydrogens is 368 g/mol. The van der Waals surface area contributed by atoms with Crippen LogP contribution in [-0.2, 0) is 6.42 Å². The molecule has 1 aliphatic heterocycles. The molecule has 0 bridgehead atoms. The van der Waals surface area contributed by atoms with Gasteiger partial charge >= 0.3 is 0 Å². The molecule has 5 nitrogen and oxygen atoms in total. The number of anilines is 2. The first-order valence-electron chi connectivity index (χ1n) is 9.87. The van der Waals surface area contributed by atoms with Crippen molar-refractivity contribution in [1.29, 1.82) is 0 Å². The molecule has 1 saturated heterocycles. The summed E-state index contributed by atoms with van der Waals surface area (Å²) in [7, 11) is 0. The van der Waals surface area contributed by atoms with Crippen LogP contribution in [0.2, 0.25) is 0 Å². The number of piperazine rings is 1. The highest BCUT2D eigenvalue weighted by Gasteiger charge is 2.15. The average Bonchev–Trinajstić information content (AvgIpc) is 2.74. The molecule has 148 valence electrons. The van der Waals surface area contributed by atoms with Gasteiger partial charge < -0.3 is 15.1 Å². The van der Waals surface area contributed by atoms with Gasteiger partial charge in [-0.25, -0.2) is 0 Å². The Balaban J connectivity index is 1.52. The van der Waals surface area contributed by atoms with Gasteiger partial charge in [0.1, 0.15) is 0 Å². The van der Waals surface area contributed by atoms with Crippen LogP contribution >= 0.6 is 12.2 Å². The van der Waals surface area contributed by atoms with Crippen LogP contribution in [0.25, 0.3) is 0 Å². The van der Waals surface area contributed by atoms with E-state index in [9.17, 15) is 4.79 Å². The maximum absolute atomic E-state index is 12.3. The second-order valence-corrected chi connectivity index (χ2v) is 7.34. The summed E-state index contributed by atoms with van der Waals surface area (Å²) in [6.45, 7) is 9.71. The van der Waals surface area contributed by atoms with Crippen molar-refractivity contribution in [3.05, 3.63) is 59.7 Å². The van der Waals surface area contributed by atoms with Gasteiger partial charge in [0.2, 0.25) is 0 Å². The Labute approximate surface area is 172 Å². The zero-order chi connectivity index (χ0) is 19.9. The monoisotopic (exact) mass is 396 g/mol. The minimum absolute atomic E-state index is 0.203. The molecule has 2 aromatic rings. The summed E-state index contributed by atoms with van der Waals surface area (Å²) in [5, 5.41) is 6.12. The highest BCUT2D eigenvalue weighted by molar-refractivity contribution is 7.80. The van der Waals surface area contributed by atoms with Crippen molar-refractivity contribution in [1.82, 2.24) is 10.2 Å². The molecular formula is C22H28N4OS. The van der Waals surface area contributed by atoms with E-state index >= 15 is 0 Å². The Bertz CT molecular complexity index is 796. The van der Waals surface area contributed by atoms with E-state index in [1.807, 2.05) is 36.4 Å². The minimum atomic E-state index is -0.203. The lowest BCUT2D eigenvalue weighted by molar-refractivity contribution is 0.0977. The van der Waals surface area contributed by atoms with Crippen LogP contribution in [-0.4, -0.2) is 48.6 Å². The van der Waals surface area contributed by atoms with Gasteiger partial charge in [-0.05, 0) is 67.1 Å². The largest absolute Gasteiger partial charge is 0.369 e. The number of aryl methyl sites for hydroxylation is 1. The topological polar surface area (TPSA) is 47.6 Å². The molecule has 3 rings (SSSR count). The van der Waals surface area contributed by atoms with Crippen LogP contribution in [0.15, 0.2) is 48.5 Å². The number of carbonyl (C=O) groups is 1. The number of rotatable bonds is 5. The fourth-order valence-electron chi connectivity index (χ4n) is 3.31. The lowest BCUT2D eigenvalue weighted by Crippen LogP contribution is -2.46. The summed E-state index contributed by atoms with van der Waals surface area (Å²) >= 11 is 5.29. The van der Waals surface area contributed by atoms with Crippen LogP contribution in [0.1, 0.15) is 29.8 Å². The number of hydrogen-bond acceptors (Lipinski definition) is 4. The van der Waals surface area contributed by atoms with E-state index in [4.69, 9.17) is 12.2 Å². The molecule has 0 atom stereocenters. The van der Waals surface area contributed by atoms with E-state index in [-0.39, 0.29) is 5.91 Å².